The van der Waals surface area contributed by atoms with Crippen molar-refractivity contribution in [1.82, 2.24) is 0 Å². The van der Waals surface area contributed by atoms with Crippen molar-refractivity contribution in [1.29, 1.82) is 0 Å². The van der Waals surface area contributed by atoms with Gasteiger partial charge in [-0.05, 0) is 31.4 Å². The van der Waals surface area contributed by atoms with Crippen molar-refractivity contribution >= 4 is 5.69 Å². The first-order chi connectivity index (χ1) is 7.36. The predicted octanol–water partition coefficient (Wildman–Crippen LogP) is 2.22. The van der Waals surface area contributed by atoms with Crippen LogP contribution in [0, 0.1) is 0 Å². The second-order valence-electron chi connectivity index (χ2n) is 3.84. The average molecular weight is 207 g/mol. The largest absolute Gasteiger partial charge is 0.489 e. The number of rotatable bonds is 3. The lowest BCUT2D eigenvalue weighted by atomic mass is 10.1. The molecule has 2 N–H and O–H groups in total. The Kier molecular flexibility index (Phi) is 3.45. The maximum absolute atomic E-state index is 5.77. The minimum Gasteiger partial charge on any atom is -0.489 e. The smallest absolute Gasteiger partial charge is 0.142 e. The van der Waals surface area contributed by atoms with Gasteiger partial charge in [0, 0.05) is 6.61 Å². The van der Waals surface area contributed by atoms with Crippen LogP contribution >= 0.6 is 0 Å². The van der Waals surface area contributed by atoms with Crippen molar-refractivity contribution in [2.24, 2.45) is 0 Å². The zero-order chi connectivity index (χ0) is 10.5. The van der Waals surface area contributed by atoms with Gasteiger partial charge in [-0.25, -0.2) is 0 Å². The fourth-order valence-electron chi connectivity index (χ4n) is 1.73. The Balaban J connectivity index is 1.84. The van der Waals surface area contributed by atoms with Gasteiger partial charge in [-0.2, -0.15) is 0 Å². The van der Waals surface area contributed by atoms with E-state index in [0.29, 0.717) is 12.3 Å². The van der Waals surface area contributed by atoms with Crippen molar-refractivity contribution in [3.8, 4) is 5.75 Å². The molecule has 1 fully saturated rings. The minimum absolute atomic E-state index is 0.235. The van der Waals surface area contributed by atoms with Crippen LogP contribution in [-0.2, 0) is 4.74 Å². The summed E-state index contributed by atoms with van der Waals surface area (Å²) in [4.78, 5) is 0. The van der Waals surface area contributed by atoms with Gasteiger partial charge in [0.15, 0.2) is 0 Å². The van der Waals surface area contributed by atoms with E-state index >= 15 is 0 Å². The molecule has 0 bridgehead atoms. The van der Waals surface area contributed by atoms with E-state index in [2.05, 4.69) is 0 Å². The molecule has 1 atom stereocenters. The van der Waals surface area contributed by atoms with Gasteiger partial charge in [0.1, 0.15) is 12.4 Å². The van der Waals surface area contributed by atoms with Crippen molar-refractivity contribution in [3.05, 3.63) is 24.3 Å². The molecule has 1 heterocycles. The van der Waals surface area contributed by atoms with Gasteiger partial charge in [-0.1, -0.05) is 12.1 Å². The molecule has 2 rings (SSSR count). The van der Waals surface area contributed by atoms with Gasteiger partial charge in [-0.3, -0.25) is 0 Å². The first-order valence-electron chi connectivity index (χ1n) is 5.45. The van der Waals surface area contributed by atoms with Crippen LogP contribution in [0.2, 0.25) is 0 Å². The quantitative estimate of drug-likeness (QED) is 0.773. The van der Waals surface area contributed by atoms with Crippen LogP contribution in [0.3, 0.4) is 0 Å². The van der Waals surface area contributed by atoms with Crippen LogP contribution in [0.4, 0.5) is 5.69 Å². The van der Waals surface area contributed by atoms with Crippen LogP contribution in [0.5, 0.6) is 5.75 Å². The molecule has 0 aliphatic carbocycles. The summed E-state index contributed by atoms with van der Waals surface area (Å²) in [7, 11) is 0. The van der Waals surface area contributed by atoms with E-state index in [0.717, 1.165) is 18.8 Å². The fourth-order valence-corrected chi connectivity index (χ4v) is 1.73. The predicted molar refractivity (Wildman–Crippen MR) is 59.9 cm³/mol. The molecule has 0 aromatic heterocycles. The van der Waals surface area contributed by atoms with E-state index in [1.165, 1.54) is 12.8 Å². The number of ether oxygens (including phenoxy) is 2. The van der Waals surface area contributed by atoms with Crippen molar-refractivity contribution in [2.75, 3.05) is 18.9 Å². The average Bonchev–Trinajstić information content (AvgIpc) is 2.29. The van der Waals surface area contributed by atoms with Gasteiger partial charge < -0.3 is 15.2 Å². The summed E-state index contributed by atoms with van der Waals surface area (Å²) < 4.78 is 11.2. The molecule has 3 nitrogen and oxygen atoms in total. The van der Waals surface area contributed by atoms with E-state index < -0.39 is 0 Å². The summed E-state index contributed by atoms with van der Waals surface area (Å²) in [5.74, 6) is 0.756. The first-order valence-corrected chi connectivity index (χ1v) is 5.45. The Morgan fingerprint density at radius 2 is 2.20 bits per heavy atom. The lowest BCUT2D eigenvalue weighted by Gasteiger charge is -2.22. The number of nitrogen functional groups attached to an aromatic ring is 1. The van der Waals surface area contributed by atoms with E-state index in [1.807, 2.05) is 24.3 Å². The summed E-state index contributed by atoms with van der Waals surface area (Å²) >= 11 is 0. The van der Waals surface area contributed by atoms with Crippen molar-refractivity contribution in [3.63, 3.8) is 0 Å². The van der Waals surface area contributed by atoms with E-state index in [4.69, 9.17) is 15.2 Å². The molecule has 0 saturated carbocycles. The highest BCUT2D eigenvalue weighted by Gasteiger charge is 2.14. The third-order valence-corrected chi connectivity index (χ3v) is 2.62. The molecule has 0 unspecified atom stereocenters. The lowest BCUT2D eigenvalue weighted by Crippen LogP contribution is -2.25. The first kappa shape index (κ1) is 10.3. The molecule has 0 spiro atoms. The highest BCUT2D eigenvalue weighted by Crippen LogP contribution is 2.21. The molecule has 1 aliphatic rings. The molecular weight excluding hydrogens is 190 g/mol. The van der Waals surface area contributed by atoms with Gasteiger partial charge in [0.25, 0.3) is 0 Å². The Bertz CT molecular complexity index is 308. The summed E-state index contributed by atoms with van der Waals surface area (Å²) in [6.45, 7) is 1.46. The zero-order valence-corrected chi connectivity index (χ0v) is 8.82. The Morgan fingerprint density at radius 1 is 1.33 bits per heavy atom. The molecule has 1 aromatic rings. The monoisotopic (exact) mass is 207 g/mol. The van der Waals surface area contributed by atoms with E-state index in [1.54, 1.807) is 0 Å². The molecule has 0 radical (unpaired) electrons. The number of anilines is 1. The van der Waals surface area contributed by atoms with Crippen LogP contribution in [0.1, 0.15) is 19.3 Å². The Morgan fingerprint density at radius 3 is 2.93 bits per heavy atom. The maximum Gasteiger partial charge on any atom is 0.142 e. The lowest BCUT2D eigenvalue weighted by molar-refractivity contribution is -0.0109. The Hall–Kier alpha value is -1.22. The summed E-state index contributed by atoms with van der Waals surface area (Å²) in [5, 5.41) is 0. The normalized spacial score (nSPS) is 21.2. The number of nitrogens with two attached hydrogens (primary N) is 1. The highest BCUT2D eigenvalue weighted by molar-refractivity contribution is 5.51. The summed E-state index contributed by atoms with van der Waals surface area (Å²) in [5.41, 5.74) is 6.46. The van der Waals surface area contributed by atoms with Gasteiger partial charge in [0.2, 0.25) is 0 Å². The van der Waals surface area contributed by atoms with Crippen LogP contribution in [0.25, 0.3) is 0 Å². The SMILES string of the molecule is Nc1ccccc1OC[C@@H]1CCCCO1. The molecule has 1 aromatic carbocycles. The number of hydrogen-bond donors (Lipinski definition) is 1. The molecule has 82 valence electrons. The van der Waals surface area contributed by atoms with Gasteiger partial charge in [-0.15, -0.1) is 0 Å². The zero-order valence-electron chi connectivity index (χ0n) is 8.82. The molecule has 3 heteroatoms. The van der Waals surface area contributed by atoms with Crippen LogP contribution in [0.15, 0.2) is 24.3 Å². The highest BCUT2D eigenvalue weighted by atomic mass is 16.5. The number of benzene rings is 1. The van der Waals surface area contributed by atoms with Gasteiger partial charge >= 0.3 is 0 Å². The fraction of sp³-hybridized carbons (Fsp3) is 0.500. The second-order valence-corrected chi connectivity index (χ2v) is 3.84. The minimum atomic E-state index is 0.235. The molecule has 0 amide bonds. The molecule has 1 aliphatic heterocycles. The van der Waals surface area contributed by atoms with Crippen molar-refractivity contribution in [2.45, 2.75) is 25.4 Å². The standard InChI is InChI=1S/C12H17NO2/c13-11-6-1-2-7-12(11)15-9-10-5-3-4-8-14-10/h1-2,6-7,10H,3-5,8-9,13H2/t10-/m0/s1. The van der Waals surface area contributed by atoms with Crippen LogP contribution < -0.4 is 10.5 Å². The molecular formula is C12H17NO2. The number of para-hydroxylation sites is 2. The third kappa shape index (κ3) is 2.86. The summed E-state index contributed by atoms with van der Waals surface area (Å²) in [6, 6.07) is 7.56. The van der Waals surface area contributed by atoms with E-state index in [9.17, 15) is 0 Å². The van der Waals surface area contributed by atoms with Crippen LogP contribution in [-0.4, -0.2) is 19.3 Å². The van der Waals surface area contributed by atoms with E-state index in [-0.39, 0.29) is 6.10 Å². The van der Waals surface area contributed by atoms with Gasteiger partial charge in [0.05, 0.1) is 11.8 Å². The van der Waals surface area contributed by atoms with Crippen molar-refractivity contribution < 1.29 is 9.47 Å². The molecule has 1 saturated heterocycles. The topological polar surface area (TPSA) is 44.5 Å². The molecule has 15 heavy (non-hydrogen) atoms. The maximum atomic E-state index is 5.77. The second kappa shape index (κ2) is 5.03. The Labute approximate surface area is 90.2 Å². The number of hydrogen-bond acceptors (Lipinski definition) is 3. The summed E-state index contributed by atoms with van der Waals surface area (Å²) in [6.07, 6.45) is 3.73. The third-order valence-electron chi connectivity index (χ3n) is 2.62.